The second-order valence-electron chi connectivity index (χ2n) is 11.6. The van der Waals surface area contributed by atoms with Gasteiger partial charge >= 0.3 is 6.18 Å². The van der Waals surface area contributed by atoms with E-state index in [4.69, 9.17) is 16.0 Å². The van der Waals surface area contributed by atoms with Crippen molar-refractivity contribution in [3.63, 3.8) is 0 Å². The van der Waals surface area contributed by atoms with Crippen molar-refractivity contribution in [1.82, 2.24) is 20.0 Å². The lowest BCUT2D eigenvalue weighted by atomic mass is 9.78. The number of anilines is 1. The van der Waals surface area contributed by atoms with Crippen molar-refractivity contribution in [3.05, 3.63) is 76.5 Å². The number of likely N-dealkylation sites (tertiary alicyclic amines) is 1. The molecular weight excluding hydrogens is 599 g/mol. The number of aryl methyl sites for hydroxylation is 1. The number of rotatable bonds is 7. The van der Waals surface area contributed by atoms with E-state index in [9.17, 15) is 27.9 Å². The third kappa shape index (κ3) is 6.41. The Morgan fingerprint density at radius 1 is 1.00 bits per heavy atom. The van der Waals surface area contributed by atoms with E-state index in [0.29, 0.717) is 41.1 Å². The summed E-state index contributed by atoms with van der Waals surface area (Å²) in [6.45, 7) is 3.71. The minimum atomic E-state index is -5.15. The lowest BCUT2D eigenvalue weighted by Gasteiger charge is -2.42. The van der Waals surface area contributed by atoms with Crippen LogP contribution in [0.5, 0.6) is 0 Å². The van der Waals surface area contributed by atoms with Crippen LogP contribution in [-0.4, -0.2) is 76.3 Å². The highest BCUT2D eigenvalue weighted by Gasteiger charge is 2.62. The minimum Gasteiger partial charge on any atom is -0.424 e. The molecule has 1 N–H and O–H groups in total. The number of aromatic nitrogens is 2. The smallest absolute Gasteiger partial charge is 0.424 e. The van der Waals surface area contributed by atoms with Gasteiger partial charge in [0, 0.05) is 51.4 Å². The van der Waals surface area contributed by atoms with Crippen molar-refractivity contribution in [1.29, 1.82) is 0 Å². The molecule has 0 unspecified atom stereocenters. The molecule has 2 aliphatic heterocycles. The molecule has 3 aromatic rings. The molecule has 44 heavy (non-hydrogen) atoms. The van der Waals surface area contributed by atoms with Crippen LogP contribution in [0.3, 0.4) is 0 Å². The molecule has 0 bridgehead atoms. The molecule has 13 heteroatoms. The van der Waals surface area contributed by atoms with Gasteiger partial charge in [0.15, 0.2) is 0 Å². The fourth-order valence-electron chi connectivity index (χ4n) is 6.28. The highest BCUT2D eigenvalue weighted by Crippen LogP contribution is 2.42. The van der Waals surface area contributed by atoms with Gasteiger partial charge in [0.1, 0.15) is 0 Å². The topological polar surface area (TPSA) is 103 Å². The Kier molecular flexibility index (Phi) is 9.22. The van der Waals surface area contributed by atoms with Crippen LogP contribution in [0, 0.1) is 18.8 Å². The second-order valence-corrected chi connectivity index (χ2v) is 12.0. The third-order valence-corrected chi connectivity index (χ3v) is 9.09. The van der Waals surface area contributed by atoms with Gasteiger partial charge in [0.05, 0.1) is 17.1 Å². The fourth-order valence-corrected chi connectivity index (χ4v) is 6.53. The summed E-state index contributed by atoms with van der Waals surface area (Å²) in [7, 11) is 1.64. The molecule has 1 aromatic heterocycles. The maximum atomic E-state index is 14.0. The van der Waals surface area contributed by atoms with Crippen molar-refractivity contribution < 1.29 is 32.3 Å². The second kappa shape index (κ2) is 12.8. The number of aliphatic hydroxyl groups is 1. The van der Waals surface area contributed by atoms with Crippen molar-refractivity contribution in [2.45, 2.75) is 50.9 Å². The van der Waals surface area contributed by atoms with Crippen molar-refractivity contribution >= 4 is 29.1 Å². The van der Waals surface area contributed by atoms with Gasteiger partial charge in [-0.15, -0.1) is 10.2 Å². The lowest BCUT2D eigenvalue weighted by molar-refractivity contribution is -0.262. The summed E-state index contributed by atoms with van der Waals surface area (Å²) in [6.07, 6.45) is -2.20. The number of carbonyl (C=O) groups excluding carboxylic acids is 2. The van der Waals surface area contributed by atoms with Gasteiger partial charge < -0.3 is 24.2 Å². The number of alkyl halides is 3. The van der Waals surface area contributed by atoms with Crippen LogP contribution >= 0.6 is 11.6 Å². The Morgan fingerprint density at radius 3 is 2.16 bits per heavy atom. The van der Waals surface area contributed by atoms with Crippen LogP contribution in [0.2, 0.25) is 5.02 Å². The molecule has 9 nitrogen and oxygen atoms in total. The first-order valence-corrected chi connectivity index (χ1v) is 15.0. The van der Waals surface area contributed by atoms with E-state index in [0.717, 1.165) is 48.7 Å². The molecule has 2 aliphatic rings. The first-order valence-electron chi connectivity index (χ1n) is 14.6. The van der Waals surface area contributed by atoms with Gasteiger partial charge in [-0.3, -0.25) is 9.59 Å². The van der Waals surface area contributed by atoms with Crippen LogP contribution < -0.4 is 4.90 Å². The van der Waals surface area contributed by atoms with Crippen LogP contribution in [-0.2, 0) is 16.9 Å². The van der Waals surface area contributed by atoms with Gasteiger partial charge in [-0.25, -0.2) is 0 Å². The number of nitrogens with zero attached hydrogens (tertiary/aromatic N) is 5. The zero-order chi connectivity index (χ0) is 31.6. The quantitative estimate of drug-likeness (QED) is 0.381. The summed E-state index contributed by atoms with van der Waals surface area (Å²) < 4.78 is 47.4. The number of hydrogen-bond donors (Lipinski definition) is 1. The zero-order valence-corrected chi connectivity index (χ0v) is 25.3. The normalized spacial score (nSPS) is 18.2. The highest BCUT2D eigenvalue weighted by molar-refractivity contribution is 6.34. The highest BCUT2D eigenvalue weighted by atomic mass is 35.5. The summed E-state index contributed by atoms with van der Waals surface area (Å²) in [5.41, 5.74) is -2.77. The molecule has 0 radical (unpaired) electrons. The fraction of sp³-hybridized carbons (Fsp3) is 0.484. The Morgan fingerprint density at radius 2 is 1.61 bits per heavy atom. The summed E-state index contributed by atoms with van der Waals surface area (Å²) in [4.78, 5) is 30.9. The number of benzene rings is 2. The molecule has 2 amide bonds. The molecule has 2 aromatic carbocycles. The first kappa shape index (κ1) is 31.8. The zero-order valence-electron chi connectivity index (χ0n) is 24.6. The number of halogens is 4. The van der Waals surface area contributed by atoms with Gasteiger partial charge in [-0.2, -0.15) is 13.2 Å². The molecule has 0 aliphatic carbocycles. The molecule has 2 fully saturated rings. The molecule has 0 saturated carbocycles. The summed E-state index contributed by atoms with van der Waals surface area (Å²) >= 11 is 6.54. The molecular formula is C31H35ClF3N5O4. The number of piperidine rings is 2. The Bertz CT molecular complexity index is 1470. The van der Waals surface area contributed by atoms with Crippen molar-refractivity contribution in [2.24, 2.45) is 11.8 Å². The van der Waals surface area contributed by atoms with Crippen LogP contribution in [0.15, 0.2) is 52.9 Å². The van der Waals surface area contributed by atoms with Crippen molar-refractivity contribution in [2.75, 3.05) is 38.1 Å². The predicted octanol–water partition coefficient (Wildman–Crippen LogP) is 5.21. The number of hydrogen-bond acceptors (Lipinski definition) is 7. The van der Waals surface area contributed by atoms with Crippen LogP contribution in [0.1, 0.15) is 53.4 Å². The van der Waals surface area contributed by atoms with E-state index in [1.54, 1.807) is 26.1 Å². The number of carbonyl (C=O) groups is 2. The average molecular weight is 634 g/mol. The van der Waals surface area contributed by atoms with Gasteiger partial charge in [0.2, 0.25) is 11.8 Å². The van der Waals surface area contributed by atoms with Crippen molar-refractivity contribution in [3.8, 4) is 0 Å². The summed E-state index contributed by atoms with van der Waals surface area (Å²) in [6, 6.07) is 11.9. The molecule has 3 heterocycles. The van der Waals surface area contributed by atoms with E-state index in [1.807, 2.05) is 6.07 Å². The van der Waals surface area contributed by atoms with E-state index in [1.165, 1.54) is 23.1 Å². The third-order valence-electron chi connectivity index (χ3n) is 8.78. The molecule has 0 spiro atoms. The van der Waals surface area contributed by atoms with E-state index < -0.39 is 23.2 Å². The summed E-state index contributed by atoms with van der Waals surface area (Å²) in [5, 5.41) is 18.7. The van der Waals surface area contributed by atoms with E-state index in [-0.39, 0.29) is 31.5 Å². The van der Waals surface area contributed by atoms with Gasteiger partial charge in [0.25, 0.3) is 17.4 Å². The first-order chi connectivity index (χ1) is 20.9. The molecule has 2 saturated heterocycles. The minimum absolute atomic E-state index is 0.161. The Labute approximate surface area is 258 Å². The standard InChI is InChI=1S/C31H35ClF3N5O4/c1-20-36-37-27(44-20)19-38(2)28(41)25-9-8-24(18-26(25)32)39-14-10-21(11-15-39)22-12-16-40(17-13-22)29(42)30(43,31(33,34)35)23-6-4-3-5-7-23/h3-9,18,21-22,43H,10-17,19H2,1-2H3/t30-/m1/s1. The average Bonchev–Trinajstić information content (AvgIpc) is 3.44. The van der Waals surface area contributed by atoms with E-state index >= 15 is 0 Å². The van der Waals surface area contributed by atoms with Crippen LogP contribution in [0.4, 0.5) is 18.9 Å². The SMILES string of the molecule is Cc1nnc(CN(C)C(=O)c2ccc(N3CCC(C4CCN(C(=O)[C@](O)(c5ccccc5)C(F)(F)F)CC4)CC3)cc2Cl)o1. The number of amides is 2. The van der Waals surface area contributed by atoms with Gasteiger partial charge in [-0.05, 0) is 55.7 Å². The summed E-state index contributed by atoms with van der Waals surface area (Å²) in [5.74, 6) is -0.181. The van der Waals surface area contributed by atoms with Gasteiger partial charge in [-0.1, -0.05) is 41.9 Å². The van der Waals surface area contributed by atoms with E-state index in [2.05, 4.69) is 15.1 Å². The maximum absolute atomic E-state index is 14.0. The Hall–Kier alpha value is -3.64. The molecule has 1 atom stereocenters. The largest absolute Gasteiger partial charge is 0.430 e. The molecule has 5 rings (SSSR count). The Balaban J connectivity index is 1.14. The predicted molar refractivity (Wildman–Crippen MR) is 157 cm³/mol. The van der Waals surface area contributed by atoms with Crippen LogP contribution in [0.25, 0.3) is 0 Å². The maximum Gasteiger partial charge on any atom is 0.430 e. The lowest BCUT2D eigenvalue weighted by Crippen LogP contribution is -2.57. The molecule has 236 valence electrons. The monoisotopic (exact) mass is 633 g/mol.